The molecule has 0 saturated heterocycles. The number of rotatable bonds is 1. The molecule has 0 radical (unpaired) electrons. The zero-order chi connectivity index (χ0) is 7.68. The van der Waals surface area contributed by atoms with Crippen molar-refractivity contribution in [1.29, 1.82) is 0 Å². The molecular weight excluding hydrogens is 140 g/mol. The molecule has 0 saturated carbocycles. The van der Waals surface area contributed by atoms with E-state index in [9.17, 15) is 0 Å². The van der Waals surface area contributed by atoms with Crippen LogP contribution in [0.15, 0.2) is 29.0 Å². The summed E-state index contributed by atoms with van der Waals surface area (Å²) in [6, 6.07) is 0. The maximum atomic E-state index is 5.52. The molecule has 0 aromatic heterocycles. The zero-order valence-electron chi connectivity index (χ0n) is 6.10. The first-order chi connectivity index (χ1) is 5.42. The number of allylic oxidation sites excluding steroid dienone is 2. The van der Waals surface area contributed by atoms with Gasteiger partial charge in [0.05, 0.1) is 12.1 Å². The molecule has 0 amide bonds. The standard InChI is InChI=1S/C8H10N2O/c9-4-6-2-1-3-7-5-10-11-8(6)7/h1-3,5,7-8H,4,9H2. The van der Waals surface area contributed by atoms with Gasteiger partial charge in [-0.2, -0.15) is 0 Å². The number of hydrogen-bond donors (Lipinski definition) is 1. The molecule has 2 N–H and O–H groups in total. The van der Waals surface area contributed by atoms with Crippen LogP contribution in [0.3, 0.4) is 0 Å². The van der Waals surface area contributed by atoms with Gasteiger partial charge in [0.25, 0.3) is 0 Å². The molecule has 0 fully saturated rings. The quantitative estimate of drug-likeness (QED) is 0.589. The maximum absolute atomic E-state index is 5.52. The summed E-state index contributed by atoms with van der Waals surface area (Å²) in [5.41, 5.74) is 6.64. The van der Waals surface area contributed by atoms with Crippen molar-refractivity contribution in [1.82, 2.24) is 0 Å². The smallest absolute Gasteiger partial charge is 0.161 e. The molecule has 1 aliphatic carbocycles. The summed E-state index contributed by atoms with van der Waals surface area (Å²) in [6.45, 7) is 0.550. The van der Waals surface area contributed by atoms with Gasteiger partial charge in [0.15, 0.2) is 6.10 Å². The van der Waals surface area contributed by atoms with Gasteiger partial charge in [-0.05, 0) is 5.57 Å². The Morgan fingerprint density at radius 1 is 1.64 bits per heavy atom. The van der Waals surface area contributed by atoms with Crippen LogP contribution in [-0.2, 0) is 4.84 Å². The zero-order valence-corrected chi connectivity index (χ0v) is 6.10. The molecule has 3 heteroatoms. The Morgan fingerprint density at radius 2 is 2.55 bits per heavy atom. The Morgan fingerprint density at radius 3 is 3.36 bits per heavy atom. The fourth-order valence-corrected chi connectivity index (χ4v) is 1.37. The Balaban J connectivity index is 2.23. The first-order valence-electron chi connectivity index (χ1n) is 3.68. The van der Waals surface area contributed by atoms with Gasteiger partial charge in [0.2, 0.25) is 0 Å². The second-order valence-corrected chi connectivity index (χ2v) is 2.69. The van der Waals surface area contributed by atoms with Crippen LogP contribution >= 0.6 is 0 Å². The van der Waals surface area contributed by atoms with Crippen LogP contribution in [0.1, 0.15) is 0 Å². The molecule has 2 rings (SSSR count). The van der Waals surface area contributed by atoms with E-state index < -0.39 is 0 Å². The van der Waals surface area contributed by atoms with Gasteiger partial charge in [0.1, 0.15) is 0 Å². The second-order valence-electron chi connectivity index (χ2n) is 2.69. The van der Waals surface area contributed by atoms with Gasteiger partial charge in [-0.15, -0.1) is 0 Å². The molecule has 2 atom stereocenters. The van der Waals surface area contributed by atoms with Gasteiger partial charge in [-0.3, -0.25) is 0 Å². The van der Waals surface area contributed by atoms with E-state index in [0.717, 1.165) is 5.57 Å². The normalized spacial score (nSPS) is 33.0. The molecular formula is C8H10N2O. The van der Waals surface area contributed by atoms with E-state index in [0.29, 0.717) is 12.5 Å². The van der Waals surface area contributed by atoms with Crippen molar-refractivity contribution in [3.8, 4) is 0 Å². The Labute approximate surface area is 65.2 Å². The van der Waals surface area contributed by atoms with Crippen molar-refractivity contribution in [2.75, 3.05) is 6.54 Å². The average molecular weight is 150 g/mol. The van der Waals surface area contributed by atoms with Crippen LogP contribution in [-0.4, -0.2) is 18.9 Å². The van der Waals surface area contributed by atoms with Crippen molar-refractivity contribution in [3.63, 3.8) is 0 Å². The lowest BCUT2D eigenvalue weighted by molar-refractivity contribution is 0.0956. The van der Waals surface area contributed by atoms with Gasteiger partial charge in [-0.25, -0.2) is 0 Å². The fourth-order valence-electron chi connectivity index (χ4n) is 1.37. The third-order valence-electron chi connectivity index (χ3n) is 2.00. The summed E-state index contributed by atoms with van der Waals surface area (Å²) in [5.74, 6) is 0.304. The third-order valence-corrected chi connectivity index (χ3v) is 2.00. The molecule has 2 unspecified atom stereocenters. The van der Waals surface area contributed by atoms with Crippen LogP contribution < -0.4 is 5.73 Å². The summed E-state index contributed by atoms with van der Waals surface area (Å²) < 4.78 is 0. The van der Waals surface area contributed by atoms with Gasteiger partial charge >= 0.3 is 0 Å². The van der Waals surface area contributed by atoms with E-state index in [1.165, 1.54) is 0 Å². The van der Waals surface area contributed by atoms with Crippen molar-refractivity contribution < 1.29 is 4.84 Å². The van der Waals surface area contributed by atoms with Crippen LogP contribution in [0.25, 0.3) is 0 Å². The highest BCUT2D eigenvalue weighted by molar-refractivity contribution is 5.67. The summed E-state index contributed by atoms with van der Waals surface area (Å²) >= 11 is 0. The first kappa shape index (κ1) is 6.61. The molecule has 3 nitrogen and oxygen atoms in total. The molecule has 58 valence electrons. The van der Waals surface area contributed by atoms with E-state index in [1.54, 1.807) is 0 Å². The minimum atomic E-state index is 0.0741. The molecule has 1 heterocycles. The highest BCUT2D eigenvalue weighted by Crippen LogP contribution is 2.24. The van der Waals surface area contributed by atoms with Crippen molar-refractivity contribution >= 4 is 6.21 Å². The Hall–Kier alpha value is -1.09. The summed E-state index contributed by atoms with van der Waals surface area (Å²) in [7, 11) is 0. The largest absolute Gasteiger partial charge is 0.387 e. The highest BCUT2D eigenvalue weighted by atomic mass is 16.6. The van der Waals surface area contributed by atoms with E-state index >= 15 is 0 Å². The number of oxime groups is 1. The average Bonchev–Trinajstić information content (AvgIpc) is 2.50. The highest BCUT2D eigenvalue weighted by Gasteiger charge is 2.28. The van der Waals surface area contributed by atoms with E-state index in [2.05, 4.69) is 11.2 Å². The summed E-state index contributed by atoms with van der Waals surface area (Å²) in [4.78, 5) is 5.13. The number of fused-ring (bicyclic) bond motifs is 1. The van der Waals surface area contributed by atoms with Crippen molar-refractivity contribution in [2.24, 2.45) is 16.8 Å². The first-order valence-corrected chi connectivity index (χ1v) is 3.68. The van der Waals surface area contributed by atoms with E-state index in [-0.39, 0.29) is 6.10 Å². The number of hydrogen-bond acceptors (Lipinski definition) is 3. The van der Waals surface area contributed by atoms with E-state index in [1.807, 2.05) is 18.4 Å². The second kappa shape index (κ2) is 2.51. The van der Waals surface area contributed by atoms with Gasteiger partial charge in [0, 0.05) is 6.54 Å². The van der Waals surface area contributed by atoms with Gasteiger partial charge in [-0.1, -0.05) is 23.4 Å². The van der Waals surface area contributed by atoms with E-state index in [4.69, 9.17) is 10.6 Å². The number of nitrogens with two attached hydrogens (primary N) is 1. The fraction of sp³-hybridized carbons (Fsp3) is 0.375. The minimum Gasteiger partial charge on any atom is -0.387 e. The van der Waals surface area contributed by atoms with Crippen LogP contribution in [0.5, 0.6) is 0 Å². The lowest BCUT2D eigenvalue weighted by Gasteiger charge is -2.18. The topological polar surface area (TPSA) is 47.6 Å². The maximum Gasteiger partial charge on any atom is 0.161 e. The molecule has 2 aliphatic rings. The molecule has 0 spiro atoms. The Bertz CT molecular complexity index is 242. The van der Waals surface area contributed by atoms with Crippen molar-refractivity contribution in [2.45, 2.75) is 6.10 Å². The minimum absolute atomic E-state index is 0.0741. The summed E-state index contributed by atoms with van der Waals surface area (Å²) in [5, 5.41) is 3.75. The lowest BCUT2D eigenvalue weighted by atomic mass is 9.92. The molecule has 0 aromatic carbocycles. The molecule has 1 aliphatic heterocycles. The predicted molar refractivity (Wildman–Crippen MR) is 43.1 cm³/mol. The van der Waals surface area contributed by atoms with Gasteiger partial charge < -0.3 is 10.6 Å². The third kappa shape index (κ3) is 0.973. The molecule has 0 bridgehead atoms. The summed E-state index contributed by atoms with van der Waals surface area (Å²) in [6.07, 6.45) is 7.95. The predicted octanol–water partition coefficient (Wildman–Crippen LogP) is 0.442. The number of nitrogens with zero attached hydrogens (tertiary/aromatic N) is 1. The SMILES string of the molecule is NCC1=CC=CC2C=NOC12. The van der Waals surface area contributed by atoms with Crippen molar-refractivity contribution in [3.05, 3.63) is 23.8 Å². The van der Waals surface area contributed by atoms with Crippen LogP contribution in [0.2, 0.25) is 0 Å². The lowest BCUT2D eigenvalue weighted by Crippen LogP contribution is -2.25. The molecule has 11 heavy (non-hydrogen) atoms. The molecule has 0 aromatic rings. The van der Waals surface area contributed by atoms with Crippen LogP contribution in [0.4, 0.5) is 0 Å². The van der Waals surface area contributed by atoms with Crippen LogP contribution in [0, 0.1) is 5.92 Å². The monoisotopic (exact) mass is 150 g/mol. The Kier molecular flexibility index (Phi) is 1.51.